The molecule has 1 aromatic heterocycles. The summed E-state index contributed by atoms with van der Waals surface area (Å²) in [6, 6.07) is 6.54. The van der Waals surface area contributed by atoms with Crippen molar-refractivity contribution in [1.82, 2.24) is 15.2 Å². The molecule has 1 N–H and O–H groups in total. The summed E-state index contributed by atoms with van der Waals surface area (Å²) in [5.74, 6) is 0.634. The smallest absolute Gasteiger partial charge is 0.193 e. The number of thiazole rings is 1. The van der Waals surface area contributed by atoms with E-state index in [9.17, 15) is 4.39 Å². The van der Waals surface area contributed by atoms with Gasteiger partial charge in [-0.3, -0.25) is 4.99 Å². The normalized spacial score (nSPS) is 20.7. The van der Waals surface area contributed by atoms with Gasteiger partial charge in [0.05, 0.1) is 17.7 Å². The molecule has 0 amide bonds. The maximum Gasteiger partial charge on any atom is 0.193 e. The Morgan fingerprint density at radius 2 is 2.15 bits per heavy atom. The Morgan fingerprint density at radius 3 is 2.81 bits per heavy atom. The standard InChI is InChI=1S/C20H27FN4OS/c1-4-17-11-24-19(27-17)9-10-23-20(22-3)25-12-14(2)26-18(13-25)15-5-7-16(21)8-6-15/h5-8,11,14,18H,4,9-10,12-13H2,1-3H3,(H,22,23). The number of benzene rings is 1. The van der Waals surface area contributed by atoms with E-state index < -0.39 is 0 Å². The average Bonchev–Trinajstić information content (AvgIpc) is 3.13. The number of hydrogen-bond donors (Lipinski definition) is 1. The summed E-state index contributed by atoms with van der Waals surface area (Å²) in [4.78, 5) is 12.4. The maximum absolute atomic E-state index is 13.2. The average molecular weight is 391 g/mol. The molecule has 1 saturated heterocycles. The van der Waals surface area contributed by atoms with Crippen LogP contribution in [0.3, 0.4) is 0 Å². The molecule has 2 unspecified atom stereocenters. The summed E-state index contributed by atoms with van der Waals surface area (Å²) < 4.78 is 19.3. The van der Waals surface area contributed by atoms with E-state index in [0.717, 1.165) is 42.5 Å². The number of guanidine groups is 1. The number of aromatic nitrogens is 1. The minimum atomic E-state index is -0.231. The van der Waals surface area contributed by atoms with Gasteiger partial charge in [0.25, 0.3) is 0 Å². The highest BCUT2D eigenvalue weighted by Crippen LogP contribution is 2.25. The summed E-state index contributed by atoms with van der Waals surface area (Å²) in [6.07, 6.45) is 3.84. The monoisotopic (exact) mass is 390 g/mol. The number of nitrogens with zero attached hydrogens (tertiary/aromatic N) is 3. The van der Waals surface area contributed by atoms with Gasteiger partial charge in [0.1, 0.15) is 11.9 Å². The van der Waals surface area contributed by atoms with Crippen molar-refractivity contribution < 1.29 is 9.13 Å². The zero-order valence-corrected chi connectivity index (χ0v) is 16.9. The van der Waals surface area contributed by atoms with Crippen LogP contribution >= 0.6 is 11.3 Å². The SMILES string of the molecule is CCc1cnc(CCNC(=NC)N2CC(C)OC(c3ccc(F)cc3)C2)s1. The number of aliphatic imine (C=N–C) groups is 1. The molecule has 2 atom stereocenters. The van der Waals surface area contributed by atoms with E-state index in [0.29, 0.717) is 6.54 Å². The molecular weight excluding hydrogens is 363 g/mol. The van der Waals surface area contributed by atoms with Gasteiger partial charge >= 0.3 is 0 Å². The second-order valence-corrected chi connectivity index (χ2v) is 7.89. The number of hydrogen-bond acceptors (Lipinski definition) is 4. The van der Waals surface area contributed by atoms with Crippen LogP contribution in [0.25, 0.3) is 0 Å². The predicted octanol–water partition coefficient (Wildman–Crippen LogP) is 3.42. The van der Waals surface area contributed by atoms with Gasteiger partial charge in [0.2, 0.25) is 0 Å². The second kappa shape index (κ2) is 9.28. The first-order valence-electron chi connectivity index (χ1n) is 9.39. The Morgan fingerprint density at radius 1 is 1.37 bits per heavy atom. The lowest BCUT2D eigenvalue weighted by Crippen LogP contribution is -2.51. The quantitative estimate of drug-likeness (QED) is 0.628. The van der Waals surface area contributed by atoms with Crippen LogP contribution in [-0.2, 0) is 17.6 Å². The largest absolute Gasteiger partial charge is 0.367 e. The Hall–Kier alpha value is -1.99. The summed E-state index contributed by atoms with van der Waals surface area (Å²) >= 11 is 1.77. The summed E-state index contributed by atoms with van der Waals surface area (Å²) in [6.45, 7) is 6.45. The molecule has 1 aliphatic heterocycles. The number of rotatable bonds is 5. The number of halogens is 1. The van der Waals surface area contributed by atoms with Gasteiger partial charge in [0.15, 0.2) is 5.96 Å². The highest BCUT2D eigenvalue weighted by atomic mass is 32.1. The van der Waals surface area contributed by atoms with Gasteiger partial charge in [-0.25, -0.2) is 9.37 Å². The zero-order chi connectivity index (χ0) is 19.2. The van der Waals surface area contributed by atoms with Gasteiger partial charge in [-0.2, -0.15) is 0 Å². The van der Waals surface area contributed by atoms with Crippen LogP contribution in [0.2, 0.25) is 0 Å². The molecule has 0 radical (unpaired) electrons. The lowest BCUT2D eigenvalue weighted by atomic mass is 10.1. The van der Waals surface area contributed by atoms with Crippen LogP contribution in [0.5, 0.6) is 0 Å². The molecule has 0 bridgehead atoms. The van der Waals surface area contributed by atoms with Crippen LogP contribution in [-0.4, -0.2) is 48.6 Å². The Kier molecular flexibility index (Phi) is 6.79. The van der Waals surface area contributed by atoms with Crippen molar-refractivity contribution >= 4 is 17.3 Å². The van der Waals surface area contributed by atoms with Crippen molar-refractivity contribution in [3.05, 3.63) is 51.7 Å². The fraction of sp³-hybridized carbons (Fsp3) is 0.500. The van der Waals surface area contributed by atoms with E-state index in [2.05, 4.69) is 34.0 Å². The number of nitrogens with one attached hydrogen (secondary N) is 1. The van der Waals surface area contributed by atoms with Crippen LogP contribution < -0.4 is 5.32 Å². The first-order valence-corrected chi connectivity index (χ1v) is 10.2. The van der Waals surface area contributed by atoms with E-state index in [1.54, 1.807) is 30.5 Å². The molecule has 0 aliphatic carbocycles. The van der Waals surface area contributed by atoms with Gasteiger partial charge in [0, 0.05) is 37.6 Å². The number of aryl methyl sites for hydroxylation is 1. The Labute approximate surface area is 164 Å². The summed E-state index contributed by atoms with van der Waals surface area (Å²) in [5, 5.41) is 4.59. The molecule has 0 spiro atoms. The third-order valence-electron chi connectivity index (χ3n) is 4.59. The number of ether oxygens (including phenoxy) is 1. The second-order valence-electron chi connectivity index (χ2n) is 6.69. The molecule has 0 saturated carbocycles. The van der Waals surface area contributed by atoms with Crippen molar-refractivity contribution in [3.63, 3.8) is 0 Å². The van der Waals surface area contributed by atoms with Crippen LogP contribution in [0.15, 0.2) is 35.5 Å². The molecule has 1 fully saturated rings. The fourth-order valence-electron chi connectivity index (χ4n) is 3.23. The lowest BCUT2D eigenvalue weighted by molar-refractivity contribution is -0.0604. The Bertz CT molecular complexity index is 762. The molecule has 3 rings (SSSR count). The lowest BCUT2D eigenvalue weighted by Gasteiger charge is -2.38. The molecule has 5 nitrogen and oxygen atoms in total. The summed E-state index contributed by atoms with van der Waals surface area (Å²) in [5.41, 5.74) is 0.985. The van der Waals surface area contributed by atoms with Crippen molar-refractivity contribution in [2.45, 2.75) is 38.9 Å². The highest BCUT2D eigenvalue weighted by molar-refractivity contribution is 7.11. The first-order chi connectivity index (χ1) is 13.1. The van der Waals surface area contributed by atoms with Crippen molar-refractivity contribution in [1.29, 1.82) is 0 Å². The molecule has 2 aromatic rings. The zero-order valence-electron chi connectivity index (χ0n) is 16.1. The third kappa shape index (κ3) is 5.26. The van der Waals surface area contributed by atoms with Crippen LogP contribution in [0.1, 0.15) is 35.4 Å². The van der Waals surface area contributed by atoms with Crippen LogP contribution in [0, 0.1) is 5.82 Å². The van der Waals surface area contributed by atoms with Gasteiger partial charge < -0.3 is 15.0 Å². The Balaban J connectivity index is 1.59. The van der Waals surface area contributed by atoms with Crippen molar-refractivity contribution in [3.8, 4) is 0 Å². The maximum atomic E-state index is 13.2. The van der Waals surface area contributed by atoms with Crippen LogP contribution in [0.4, 0.5) is 4.39 Å². The van der Waals surface area contributed by atoms with Gasteiger partial charge in [-0.05, 0) is 31.0 Å². The topological polar surface area (TPSA) is 49.8 Å². The van der Waals surface area contributed by atoms with E-state index in [1.807, 2.05) is 6.20 Å². The minimum Gasteiger partial charge on any atom is -0.367 e. The predicted molar refractivity (Wildman–Crippen MR) is 108 cm³/mol. The molecule has 146 valence electrons. The molecule has 2 heterocycles. The molecule has 1 aliphatic rings. The van der Waals surface area contributed by atoms with E-state index in [-0.39, 0.29) is 18.0 Å². The molecule has 27 heavy (non-hydrogen) atoms. The molecule has 7 heteroatoms. The third-order valence-corrected chi connectivity index (χ3v) is 5.79. The van der Waals surface area contributed by atoms with Gasteiger partial charge in [-0.1, -0.05) is 19.1 Å². The first kappa shape index (κ1) is 19.8. The van der Waals surface area contributed by atoms with Crippen molar-refractivity contribution in [2.75, 3.05) is 26.7 Å². The van der Waals surface area contributed by atoms with E-state index >= 15 is 0 Å². The highest BCUT2D eigenvalue weighted by Gasteiger charge is 2.28. The van der Waals surface area contributed by atoms with E-state index in [1.165, 1.54) is 17.0 Å². The minimum absolute atomic E-state index is 0.0680. The molecule has 1 aromatic carbocycles. The summed E-state index contributed by atoms with van der Waals surface area (Å²) in [7, 11) is 1.80. The number of morpholine rings is 1. The van der Waals surface area contributed by atoms with Gasteiger partial charge in [-0.15, -0.1) is 11.3 Å². The molecular formula is C20H27FN4OS. The van der Waals surface area contributed by atoms with E-state index in [4.69, 9.17) is 4.74 Å². The fourth-order valence-corrected chi connectivity index (χ4v) is 4.09. The van der Waals surface area contributed by atoms with Crippen molar-refractivity contribution in [2.24, 2.45) is 4.99 Å².